The van der Waals surface area contributed by atoms with Crippen LogP contribution in [-0.4, -0.2) is 20.1 Å². The van der Waals surface area contributed by atoms with Crippen molar-refractivity contribution < 1.29 is 22.4 Å². The van der Waals surface area contributed by atoms with E-state index in [2.05, 4.69) is 0 Å². The summed E-state index contributed by atoms with van der Waals surface area (Å²) in [5.41, 5.74) is 0.823. The van der Waals surface area contributed by atoms with Gasteiger partial charge in [-0.3, -0.25) is 9.59 Å². The molecule has 0 aromatic carbocycles. The third-order valence-electron chi connectivity index (χ3n) is 3.50. The number of ketones is 1. The minimum Gasteiger partial charge on any atom is -0.455 e. The van der Waals surface area contributed by atoms with Gasteiger partial charge in [-0.05, 0) is 24.8 Å². The van der Waals surface area contributed by atoms with Gasteiger partial charge in [0.05, 0.1) is 5.56 Å². The lowest BCUT2D eigenvalue weighted by Crippen LogP contribution is -2.30. The van der Waals surface area contributed by atoms with E-state index in [0.29, 0.717) is 36.1 Å². The Balaban J connectivity index is 1.92. The average molecular weight is 339 g/mol. The highest BCUT2D eigenvalue weighted by molar-refractivity contribution is 7.92. The number of amides is 1. The Morgan fingerprint density at radius 2 is 2.14 bits per heavy atom. The van der Waals surface area contributed by atoms with Gasteiger partial charge in [-0.15, -0.1) is 11.3 Å². The zero-order valence-corrected chi connectivity index (χ0v) is 13.3. The average Bonchev–Trinajstić information content (AvgIpc) is 3.07. The van der Waals surface area contributed by atoms with Crippen LogP contribution in [0.4, 0.5) is 0 Å². The van der Waals surface area contributed by atoms with Crippen LogP contribution in [0.1, 0.15) is 45.1 Å². The van der Waals surface area contributed by atoms with Gasteiger partial charge >= 0.3 is 5.91 Å². The van der Waals surface area contributed by atoms with E-state index in [9.17, 15) is 18.0 Å². The lowest BCUT2D eigenvalue weighted by Gasteiger charge is -2.07. The van der Waals surface area contributed by atoms with Crippen molar-refractivity contribution in [1.29, 1.82) is 0 Å². The van der Waals surface area contributed by atoms with Crippen molar-refractivity contribution in [3.05, 3.63) is 40.2 Å². The van der Waals surface area contributed by atoms with Gasteiger partial charge in [-0.25, -0.2) is 13.1 Å². The quantitative estimate of drug-likeness (QED) is 0.926. The molecule has 0 fully saturated rings. The minimum atomic E-state index is -3.92. The van der Waals surface area contributed by atoms with Crippen molar-refractivity contribution >= 4 is 33.1 Å². The third-order valence-corrected chi connectivity index (χ3v) is 6.23. The molecule has 1 aliphatic rings. The maximum Gasteiger partial charge on any atom is 0.301 e. The van der Waals surface area contributed by atoms with Crippen molar-refractivity contribution in [2.24, 2.45) is 0 Å². The largest absolute Gasteiger partial charge is 0.455 e. The lowest BCUT2D eigenvalue weighted by molar-refractivity contribution is 0.0944. The normalized spacial score (nSPS) is 14.7. The standard InChI is InChI=1S/C14H13NO5S2/c1-8-12-9(16)4-2-5-10(12)20-13(8)14(17)15-22(18,19)11-6-3-7-21-11/h3,6-7H,2,4-5H2,1H3,(H,15,17). The highest BCUT2D eigenvalue weighted by atomic mass is 32.2. The highest BCUT2D eigenvalue weighted by Gasteiger charge is 2.30. The molecule has 2 aromatic rings. The Morgan fingerprint density at radius 1 is 1.36 bits per heavy atom. The van der Waals surface area contributed by atoms with Crippen LogP contribution in [0.3, 0.4) is 0 Å². The molecule has 0 unspecified atom stereocenters. The van der Waals surface area contributed by atoms with Crippen LogP contribution in [0.2, 0.25) is 0 Å². The summed E-state index contributed by atoms with van der Waals surface area (Å²) < 4.78 is 31.6. The molecule has 22 heavy (non-hydrogen) atoms. The SMILES string of the molecule is Cc1c(C(=O)NS(=O)(=O)c2cccs2)oc2c1C(=O)CCC2. The van der Waals surface area contributed by atoms with Crippen molar-refractivity contribution in [1.82, 2.24) is 4.72 Å². The number of nitrogens with one attached hydrogen (secondary N) is 1. The van der Waals surface area contributed by atoms with Crippen molar-refractivity contribution in [2.45, 2.75) is 30.4 Å². The Kier molecular flexibility index (Phi) is 3.65. The number of sulfonamides is 1. The van der Waals surface area contributed by atoms with Crippen molar-refractivity contribution in [3.8, 4) is 0 Å². The first kappa shape index (κ1) is 15.0. The molecule has 1 amide bonds. The van der Waals surface area contributed by atoms with E-state index in [1.807, 2.05) is 4.72 Å². The van der Waals surface area contributed by atoms with Crippen LogP contribution < -0.4 is 4.72 Å². The molecular formula is C14H13NO5S2. The molecule has 0 bridgehead atoms. The van der Waals surface area contributed by atoms with Gasteiger partial charge in [-0.2, -0.15) is 0 Å². The first-order valence-corrected chi connectivity index (χ1v) is 9.02. The molecule has 0 radical (unpaired) electrons. The van der Waals surface area contributed by atoms with Gasteiger partial charge < -0.3 is 4.42 Å². The summed E-state index contributed by atoms with van der Waals surface area (Å²) in [4.78, 5) is 24.1. The smallest absolute Gasteiger partial charge is 0.301 e. The summed E-state index contributed by atoms with van der Waals surface area (Å²) in [6, 6.07) is 2.99. The molecule has 6 nitrogen and oxygen atoms in total. The molecule has 8 heteroatoms. The van der Waals surface area contributed by atoms with Gasteiger partial charge in [0.25, 0.3) is 10.0 Å². The number of rotatable bonds is 3. The molecule has 116 valence electrons. The summed E-state index contributed by atoms with van der Waals surface area (Å²) in [5, 5.41) is 1.61. The summed E-state index contributed by atoms with van der Waals surface area (Å²) in [7, 11) is -3.92. The molecule has 0 saturated carbocycles. The molecule has 2 heterocycles. The molecule has 0 aliphatic heterocycles. The van der Waals surface area contributed by atoms with E-state index in [1.165, 1.54) is 6.07 Å². The second-order valence-corrected chi connectivity index (χ2v) is 7.85. The number of fused-ring (bicyclic) bond motifs is 1. The third kappa shape index (κ3) is 2.48. The van der Waals surface area contributed by atoms with Crippen LogP contribution in [-0.2, 0) is 16.4 Å². The van der Waals surface area contributed by atoms with Gasteiger partial charge in [0.1, 0.15) is 9.97 Å². The van der Waals surface area contributed by atoms with E-state index in [4.69, 9.17) is 4.42 Å². The zero-order chi connectivity index (χ0) is 15.9. The Hall–Kier alpha value is -1.93. The summed E-state index contributed by atoms with van der Waals surface area (Å²) in [5.74, 6) is -0.566. The van der Waals surface area contributed by atoms with E-state index in [-0.39, 0.29) is 15.8 Å². The maximum absolute atomic E-state index is 12.2. The highest BCUT2D eigenvalue weighted by Crippen LogP contribution is 2.29. The van der Waals surface area contributed by atoms with E-state index >= 15 is 0 Å². The molecule has 0 spiro atoms. The molecule has 1 N–H and O–H groups in total. The summed E-state index contributed by atoms with van der Waals surface area (Å²) >= 11 is 1.01. The van der Waals surface area contributed by atoms with Gasteiger partial charge in [-0.1, -0.05) is 6.07 Å². The minimum absolute atomic E-state index is 0.0471. The van der Waals surface area contributed by atoms with E-state index in [0.717, 1.165) is 11.3 Å². The second kappa shape index (κ2) is 5.36. The predicted molar refractivity (Wildman–Crippen MR) is 79.7 cm³/mol. The van der Waals surface area contributed by atoms with Gasteiger partial charge in [0.15, 0.2) is 11.5 Å². The van der Waals surface area contributed by atoms with E-state index in [1.54, 1.807) is 18.4 Å². The first-order chi connectivity index (χ1) is 10.4. The topological polar surface area (TPSA) is 93.4 Å². The summed E-state index contributed by atoms with van der Waals surface area (Å²) in [6.45, 7) is 1.60. The van der Waals surface area contributed by atoms with Crippen LogP contribution in [0.25, 0.3) is 0 Å². The Labute approximate surface area is 131 Å². The fourth-order valence-corrected chi connectivity index (χ4v) is 4.44. The molecule has 0 saturated heterocycles. The number of thiophene rings is 1. The zero-order valence-electron chi connectivity index (χ0n) is 11.7. The molecular weight excluding hydrogens is 326 g/mol. The van der Waals surface area contributed by atoms with Crippen LogP contribution in [0.5, 0.6) is 0 Å². The number of carbonyl (C=O) groups excluding carboxylic acids is 2. The van der Waals surface area contributed by atoms with Crippen molar-refractivity contribution in [2.75, 3.05) is 0 Å². The molecule has 1 aliphatic carbocycles. The first-order valence-electron chi connectivity index (χ1n) is 6.66. The van der Waals surface area contributed by atoms with Gasteiger partial charge in [0.2, 0.25) is 0 Å². The van der Waals surface area contributed by atoms with Crippen LogP contribution in [0.15, 0.2) is 26.1 Å². The van der Waals surface area contributed by atoms with Gasteiger partial charge in [0, 0.05) is 18.4 Å². The fourth-order valence-electron chi connectivity index (χ4n) is 2.50. The fraction of sp³-hybridized carbons (Fsp3) is 0.286. The number of carbonyl (C=O) groups is 2. The lowest BCUT2D eigenvalue weighted by atomic mass is 9.94. The van der Waals surface area contributed by atoms with Crippen LogP contribution in [0, 0.1) is 6.92 Å². The van der Waals surface area contributed by atoms with Crippen molar-refractivity contribution in [3.63, 3.8) is 0 Å². The number of aryl methyl sites for hydroxylation is 1. The monoisotopic (exact) mass is 339 g/mol. The summed E-state index contributed by atoms with van der Waals surface area (Å²) in [6.07, 6.45) is 1.67. The Morgan fingerprint density at radius 3 is 2.77 bits per heavy atom. The molecule has 2 aromatic heterocycles. The molecule has 3 rings (SSSR count). The number of hydrogen-bond acceptors (Lipinski definition) is 6. The molecule has 0 atom stereocenters. The predicted octanol–water partition coefficient (Wildman–Crippen LogP) is 2.29. The second-order valence-electron chi connectivity index (χ2n) is 5.00. The number of furan rings is 1. The number of hydrogen-bond donors (Lipinski definition) is 1. The van der Waals surface area contributed by atoms with Crippen LogP contribution >= 0.6 is 11.3 Å². The number of Topliss-reactive ketones (excluding diaryl/α,β-unsaturated/α-hetero) is 1. The van der Waals surface area contributed by atoms with E-state index < -0.39 is 15.9 Å². The maximum atomic E-state index is 12.2. The Bertz CT molecular complexity index is 846.